The summed E-state index contributed by atoms with van der Waals surface area (Å²) in [5, 5.41) is 0. The van der Waals surface area contributed by atoms with E-state index in [4.69, 9.17) is 4.74 Å². The Morgan fingerprint density at radius 1 is 1.29 bits per heavy atom. The summed E-state index contributed by atoms with van der Waals surface area (Å²) in [6.07, 6.45) is 6.00. The van der Waals surface area contributed by atoms with E-state index in [1.54, 1.807) is 6.92 Å². The van der Waals surface area contributed by atoms with E-state index in [2.05, 4.69) is 26.8 Å². The van der Waals surface area contributed by atoms with Gasteiger partial charge in [0.2, 0.25) is 0 Å². The summed E-state index contributed by atoms with van der Waals surface area (Å²) in [4.78, 5) is 11.2. The highest BCUT2D eigenvalue weighted by Crippen LogP contribution is 2.54. The maximum atomic E-state index is 11.2. The predicted molar refractivity (Wildman–Crippen MR) is 86.8 cm³/mol. The Morgan fingerprint density at radius 3 is 2.43 bits per heavy atom. The van der Waals surface area contributed by atoms with E-state index in [0.717, 1.165) is 17.2 Å². The number of hydrogen-bond donors (Lipinski definition) is 0. The van der Waals surface area contributed by atoms with Crippen LogP contribution in [0.2, 0.25) is 0 Å². The summed E-state index contributed by atoms with van der Waals surface area (Å²) in [5.41, 5.74) is 2.70. The zero-order chi connectivity index (χ0) is 15.5. The van der Waals surface area contributed by atoms with Crippen LogP contribution in [0.3, 0.4) is 0 Å². The number of hydrogen-bond acceptors (Lipinski definition) is 2. The predicted octanol–water partition coefficient (Wildman–Crippen LogP) is 5.04. The van der Waals surface area contributed by atoms with Gasteiger partial charge in [-0.1, -0.05) is 19.4 Å². The highest BCUT2D eigenvalue weighted by Gasteiger charge is 2.44. The molecule has 2 heteroatoms. The maximum Gasteiger partial charge on any atom is 0.159 e. The Kier molecular flexibility index (Phi) is 4.87. The summed E-state index contributed by atoms with van der Waals surface area (Å²) < 4.78 is 5.69. The van der Waals surface area contributed by atoms with Crippen molar-refractivity contribution in [1.82, 2.24) is 0 Å². The van der Waals surface area contributed by atoms with E-state index in [9.17, 15) is 4.79 Å². The number of ether oxygens (including phenoxy) is 1. The van der Waals surface area contributed by atoms with E-state index in [1.807, 2.05) is 24.3 Å². The van der Waals surface area contributed by atoms with Gasteiger partial charge in [-0.3, -0.25) is 4.79 Å². The molecule has 0 aromatic heterocycles. The van der Waals surface area contributed by atoms with Crippen LogP contribution in [0, 0.1) is 11.3 Å². The fourth-order valence-corrected chi connectivity index (χ4v) is 2.64. The monoisotopic (exact) mass is 286 g/mol. The minimum atomic E-state index is 0.0836. The normalized spacial score (nSPS) is 20.2. The molecule has 0 bridgehead atoms. The quantitative estimate of drug-likeness (QED) is 0.518. The van der Waals surface area contributed by atoms with Crippen molar-refractivity contribution < 1.29 is 9.53 Å². The van der Waals surface area contributed by atoms with Gasteiger partial charge in [-0.25, -0.2) is 0 Å². The second-order valence-electron chi connectivity index (χ2n) is 6.87. The van der Waals surface area contributed by atoms with Crippen molar-refractivity contribution in [2.45, 2.75) is 47.0 Å². The molecule has 21 heavy (non-hydrogen) atoms. The molecule has 1 unspecified atom stereocenters. The van der Waals surface area contributed by atoms with Crippen molar-refractivity contribution in [1.29, 1.82) is 0 Å². The van der Waals surface area contributed by atoms with Crippen molar-refractivity contribution in [3.05, 3.63) is 41.5 Å². The Hall–Kier alpha value is -1.57. The van der Waals surface area contributed by atoms with Crippen molar-refractivity contribution in [2.75, 3.05) is 6.61 Å². The van der Waals surface area contributed by atoms with Gasteiger partial charge in [0.05, 0.1) is 0 Å². The third-order valence-electron chi connectivity index (χ3n) is 4.55. The largest absolute Gasteiger partial charge is 0.490 e. The number of carbonyl (C=O) groups excluding carboxylic acids is 1. The van der Waals surface area contributed by atoms with E-state index < -0.39 is 0 Å². The number of ketones is 1. The molecule has 1 aromatic carbocycles. The standard InChI is InChI=1S/C19H26O2/c1-14(5-8-17-13-19(17,3)4)11-12-21-18-9-6-16(7-10-18)15(2)20/h6-7,9-11,17H,5,8,12-13H2,1-4H3. The molecule has 114 valence electrons. The number of Topliss-reactive ketones (excluding diaryl/α,β-unsaturated/α-hetero) is 1. The molecule has 2 nitrogen and oxygen atoms in total. The van der Waals surface area contributed by atoms with Gasteiger partial charge in [0.1, 0.15) is 12.4 Å². The van der Waals surface area contributed by atoms with E-state index in [-0.39, 0.29) is 5.78 Å². The first-order valence-electron chi connectivity index (χ1n) is 7.78. The zero-order valence-electron chi connectivity index (χ0n) is 13.6. The molecule has 0 N–H and O–H groups in total. The molecule has 0 radical (unpaired) electrons. The van der Waals surface area contributed by atoms with Gasteiger partial charge in [-0.05, 0) is 74.8 Å². The number of rotatable bonds is 7. The molecular weight excluding hydrogens is 260 g/mol. The first-order chi connectivity index (χ1) is 9.88. The molecule has 2 rings (SSSR count). The average Bonchev–Trinajstić information content (AvgIpc) is 3.04. The SMILES string of the molecule is CC(=O)c1ccc(OCC=C(C)CCC2CC2(C)C)cc1. The van der Waals surface area contributed by atoms with Gasteiger partial charge < -0.3 is 4.74 Å². The summed E-state index contributed by atoms with van der Waals surface area (Å²) in [5.74, 6) is 1.80. The van der Waals surface area contributed by atoms with Crippen molar-refractivity contribution in [2.24, 2.45) is 11.3 Å². The maximum absolute atomic E-state index is 11.2. The van der Waals surface area contributed by atoms with Crippen molar-refractivity contribution in [3.8, 4) is 5.75 Å². The molecule has 0 amide bonds. The van der Waals surface area contributed by atoms with Crippen LogP contribution in [0.5, 0.6) is 5.75 Å². The fraction of sp³-hybridized carbons (Fsp3) is 0.526. The third kappa shape index (κ3) is 4.73. The molecule has 0 spiro atoms. The summed E-state index contributed by atoms with van der Waals surface area (Å²) in [6, 6.07) is 7.33. The minimum Gasteiger partial charge on any atom is -0.490 e. The van der Waals surface area contributed by atoms with Crippen LogP contribution < -0.4 is 4.74 Å². The average molecular weight is 286 g/mol. The topological polar surface area (TPSA) is 26.3 Å². The summed E-state index contributed by atoms with van der Waals surface area (Å²) >= 11 is 0. The number of carbonyl (C=O) groups is 1. The molecule has 1 fully saturated rings. The molecular formula is C19H26O2. The minimum absolute atomic E-state index is 0.0836. The Bertz CT molecular complexity index is 523. The van der Waals surface area contributed by atoms with Crippen molar-refractivity contribution >= 4 is 5.78 Å². The lowest BCUT2D eigenvalue weighted by Gasteiger charge is -2.06. The fourth-order valence-electron chi connectivity index (χ4n) is 2.64. The van der Waals surface area contributed by atoms with Gasteiger partial charge in [0, 0.05) is 5.56 Å². The van der Waals surface area contributed by atoms with Crippen molar-refractivity contribution in [3.63, 3.8) is 0 Å². The van der Waals surface area contributed by atoms with Crippen LogP contribution in [-0.4, -0.2) is 12.4 Å². The molecule has 1 aromatic rings. The molecule has 0 heterocycles. The van der Waals surface area contributed by atoms with Crippen LogP contribution in [0.4, 0.5) is 0 Å². The lowest BCUT2D eigenvalue weighted by Crippen LogP contribution is -1.97. The molecule has 0 aliphatic heterocycles. The van der Waals surface area contributed by atoms with E-state index in [0.29, 0.717) is 12.0 Å². The second kappa shape index (κ2) is 6.46. The highest BCUT2D eigenvalue weighted by molar-refractivity contribution is 5.94. The first-order valence-corrected chi connectivity index (χ1v) is 7.78. The smallest absolute Gasteiger partial charge is 0.159 e. The molecule has 1 atom stereocenters. The van der Waals surface area contributed by atoms with Gasteiger partial charge in [0.25, 0.3) is 0 Å². The zero-order valence-corrected chi connectivity index (χ0v) is 13.6. The lowest BCUT2D eigenvalue weighted by atomic mass is 10.0. The molecule has 1 aliphatic rings. The number of benzene rings is 1. The van der Waals surface area contributed by atoms with Gasteiger partial charge in [0.15, 0.2) is 5.78 Å². The molecule has 1 saturated carbocycles. The summed E-state index contributed by atoms with van der Waals surface area (Å²) in [6.45, 7) is 9.05. The van der Waals surface area contributed by atoms with E-state index >= 15 is 0 Å². The van der Waals surface area contributed by atoms with Gasteiger partial charge in [-0.2, -0.15) is 0 Å². The Morgan fingerprint density at radius 2 is 1.90 bits per heavy atom. The highest BCUT2D eigenvalue weighted by atomic mass is 16.5. The Labute approximate surface area is 128 Å². The molecule has 0 saturated heterocycles. The van der Waals surface area contributed by atoms with Crippen LogP contribution in [0.25, 0.3) is 0 Å². The Balaban J connectivity index is 1.72. The van der Waals surface area contributed by atoms with Gasteiger partial charge in [-0.15, -0.1) is 0 Å². The summed E-state index contributed by atoms with van der Waals surface area (Å²) in [7, 11) is 0. The first kappa shape index (κ1) is 15.8. The van der Waals surface area contributed by atoms with Crippen LogP contribution in [0.15, 0.2) is 35.9 Å². The van der Waals surface area contributed by atoms with Gasteiger partial charge >= 0.3 is 0 Å². The van der Waals surface area contributed by atoms with Crippen LogP contribution in [-0.2, 0) is 0 Å². The van der Waals surface area contributed by atoms with Crippen LogP contribution in [0.1, 0.15) is 57.3 Å². The van der Waals surface area contributed by atoms with E-state index in [1.165, 1.54) is 24.8 Å². The van der Waals surface area contributed by atoms with Crippen LogP contribution >= 0.6 is 0 Å². The third-order valence-corrected chi connectivity index (χ3v) is 4.55. The lowest BCUT2D eigenvalue weighted by molar-refractivity contribution is 0.101. The molecule has 1 aliphatic carbocycles. The second-order valence-corrected chi connectivity index (χ2v) is 6.87. The number of allylic oxidation sites excluding steroid dienone is 1.